The van der Waals surface area contributed by atoms with Gasteiger partial charge in [0.05, 0.1) is 0 Å². The fourth-order valence-electron chi connectivity index (χ4n) is 0. The molecule has 35 valence electrons. The van der Waals surface area contributed by atoms with E-state index in [9.17, 15) is 0 Å². The Bertz CT molecular complexity index is 92.0. The normalized spacial score (nSPS) is 9.67. The van der Waals surface area contributed by atoms with Crippen LogP contribution in [-0.4, -0.2) is 13.3 Å². The molecule has 0 amide bonds. The van der Waals surface area contributed by atoms with Gasteiger partial charge in [0.1, 0.15) is 0 Å². The summed E-state index contributed by atoms with van der Waals surface area (Å²) in [7, 11) is -3.83. The van der Waals surface area contributed by atoms with Gasteiger partial charge in [-0.15, -0.1) is 0 Å². The van der Waals surface area contributed by atoms with Gasteiger partial charge < -0.3 is 0 Å². The van der Waals surface area contributed by atoms with Crippen molar-refractivity contribution in [1.82, 2.24) is 0 Å². The first-order chi connectivity index (χ1) is 2.00. The van der Waals surface area contributed by atoms with Gasteiger partial charge in [-0.2, -0.15) is 4.21 Å². The van der Waals surface area contributed by atoms with Crippen LogP contribution in [0.4, 0.5) is 0 Å². The third-order valence-corrected chi connectivity index (χ3v) is 0. The predicted molar refractivity (Wildman–Crippen MR) is 20.8 cm³/mol. The molecule has 0 saturated heterocycles. The molecule has 3 nitrogen and oxygen atoms in total. The van der Waals surface area contributed by atoms with Crippen LogP contribution >= 0.6 is 0 Å². The molecule has 0 atom stereocenters. The van der Waals surface area contributed by atoms with E-state index in [1.54, 1.807) is 0 Å². The van der Waals surface area contributed by atoms with Crippen LogP contribution in [0.15, 0.2) is 0 Å². The monoisotopic (exact) mass is 159 g/mol. The summed E-state index contributed by atoms with van der Waals surface area (Å²) in [6.07, 6.45) is 0. The Morgan fingerprint density at radius 1 is 1.50 bits per heavy atom. The minimum Gasteiger partial charge on any atom is -0.285 e. The molecular weight excluding hydrogens is 157 g/mol. The van der Waals surface area contributed by atoms with E-state index in [-0.39, 0.29) is 25.8 Å². The zero-order chi connectivity index (χ0) is 4.50. The van der Waals surface area contributed by atoms with Gasteiger partial charge in [0, 0.05) is 37.0 Å². The topological polar surface area (TPSA) is 57.5 Å². The maximum atomic E-state index is 9.11. The summed E-state index contributed by atoms with van der Waals surface area (Å²) in [6.45, 7) is 0. The second-order valence-electron chi connectivity index (χ2n) is 0.448. The Balaban J connectivity index is 0. The largest absolute Gasteiger partial charge is 0.285 e. The molecule has 0 bridgehead atoms. The molecule has 0 spiro atoms. The predicted octanol–water partition coefficient (Wildman–Crippen LogP) is -0.324. The van der Waals surface area contributed by atoms with Crippen LogP contribution < -0.4 is 0 Å². The van der Waals surface area contributed by atoms with E-state index in [0.29, 0.717) is 0 Å². The summed E-state index contributed by atoms with van der Waals surface area (Å²) in [4.78, 5) is 0. The standard InChI is InChI=1S/H2O3S2.Sc/c1-5(2,3)4;/h(H2,1,2,3,4);. The molecule has 0 aliphatic carbocycles. The molecule has 0 unspecified atom stereocenters. The Morgan fingerprint density at radius 2 is 1.50 bits per heavy atom. The summed E-state index contributed by atoms with van der Waals surface area (Å²) in [5.41, 5.74) is 0. The second kappa shape index (κ2) is 3.20. The number of rotatable bonds is 0. The summed E-state index contributed by atoms with van der Waals surface area (Å²) in [5, 5.41) is 0. The first kappa shape index (κ1) is 10.2. The van der Waals surface area contributed by atoms with Gasteiger partial charge in [-0.3, -0.25) is 9.11 Å². The van der Waals surface area contributed by atoms with E-state index in [1.165, 1.54) is 0 Å². The van der Waals surface area contributed by atoms with Crippen LogP contribution in [0.5, 0.6) is 0 Å². The summed E-state index contributed by atoms with van der Waals surface area (Å²) >= 11 is 3.47. The van der Waals surface area contributed by atoms with Gasteiger partial charge in [-0.1, -0.05) is 0 Å². The van der Waals surface area contributed by atoms with Gasteiger partial charge in [0.15, 0.2) is 0 Å². The van der Waals surface area contributed by atoms with Crippen molar-refractivity contribution in [3.63, 3.8) is 0 Å². The van der Waals surface area contributed by atoms with E-state index in [1.807, 2.05) is 0 Å². The van der Waals surface area contributed by atoms with Gasteiger partial charge >= 0.3 is 0 Å². The van der Waals surface area contributed by atoms with Crippen molar-refractivity contribution in [2.24, 2.45) is 0 Å². The number of hydrogen-bond acceptors (Lipinski definition) is 2. The molecule has 1 radical (unpaired) electrons. The van der Waals surface area contributed by atoms with Gasteiger partial charge in [-0.25, -0.2) is 0 Å². The van der Waals surface area contributed by atoms with Crippen LogP contribution in [0, 0.1) is 0 Å². The van der Waals surface area contributed by atoms with Crippen molar-refractivity contribution in [3.8, 4) is 0 Å². The molecule has 0 fully saturated rings. The fraction of sp³-hybridized carbons (Fsp3) is 0. The molecule has 0 aromatic carbocycles. The number of hydrogen-bond donors (Lipinski definition) is 2. The summed E-state index contributed by atoms with van der Waals surface area (Å²) in [6, 6.07) is 0. The first-order valence-electron chi connectivity index (χ1n) is 0.698. The van der Waals surface area contributed by atoms with E-state index in [2.05, 4.69) is 11.2 Å². The van der Waals surface area contributed by atoms with Gasteiger partial charge in [0.25, 0.3) is 9.05 Å². The Labute approximate surface area is 59.2 Å². The summed E-state index contributed by atoms with van der Waals surface area (Å²) < 4.78 is 24.0. The smallest absolute Gasteiger partial charge is 0.263 e. The van der Waals surface area contributed by atoms with Crippen molar-refractivity contribution in [3.05, 3.63) is 0 Å². The van der Waals surface area contributed by atoms with Crippen molar-refractivity contribution in [2.75, 3.05) is 0 Å². The molecule has 6 heavy (non-hydrogen) atoms. The van der Waals surface area contributed by atoms with Gasteiger partial charge in [-0.05, 0) is 0 Å². The molecule has 0 aliphatic heterocycles. The Hall–Kier alpha value is 1.16. The Kier molecular flexibility index (Phi) is 5.44. The molecule has 0 aromatic heterocycles. The second-order valence-corrected chi connectivity index (χ2v) is 2.65. The van der Waals surface area contributed by atoms with Crippen molar-refractivity contribution >= 4 is 20.2 Å². The third-order valence-electron chi connectivity index (χ3n) is 0. The average molecular weight is 159 g/mol. The van der Waals surface area contributed by atoms with Crippen molar-refractivity contribution in [1.29, 1.82) is 0 Å². The first-order valence-corrected chi connectivity index (χ1v) is 3.10. The van der Waals surface area contributed by atoms with Gasteiger partial charge in [0.2, 0.25) is 0 Å². The summed E-state index contributed by atoms with van der Waals surface area (Å²) in [5.74, 6) is 0. The fourth-order valence-corrected chi connectivity index (χ4v) is 0. The third kappa shape index (κ3) is 66.4. The van der Waals surface area contributed by atoms with Crippen LogP contribution in [0.2, 0.25) is 0 Å². The molecule has 2 N–H and O–H groups in total. The maximum absolute atomic E-state index is 9.11. The van der Waals surface area contributed by atoms with Crippen LogP contribution in [-0.2, 0) is 46.1 Å². The van der Waals surface area contributed by atoms with E-state index < -0.39 is 9.05 Å². The molecular formula is H2O3S2Sc. The molecule has 0 aromatic rings. The average Bonchev–Trinajstić information content (AvgIpc) is 0.722. The van der Waals surface area contributed by atoms with E-state index in [4.69, 9.17) is 13.3 Å². The van der Waals surface area contributed by atoms with Crippen LogP contribution in [0.3, 0.4) is 0 Å². The van der Waals surface area contributed by atoms with E-state index >= 15 is 0 Å². The zero-order valence-corrected chi connectivity index (χ0v) is 6.13. The van der Waals surface area contributed by atoms with Crippen LogP contribution in [0.1, 0.15) is 0 Å². The Morgan fingerprint density at radius 3 is 1.50 bits per heavy atom. The SMILES string of the molecule is O=S(O)(O)=S.[Sc]. The zero-order valence-electron chi connectivity index (χ0n) is 2.70. The maximum Gasteiger partial charge on any atom is 0.263 e. The molecule has 6 heteroatoms. The molecule has 0 saturated carbocycles. The quantitative estimate of drug-likeness (QED) is 0.508. The molecule has 0 heterocycles. The van der Waals surface area contributed by atoms with E-state index in [0.717, 1.165) is 0 Å². The van der Waals surface area contributed by atoms with Crippen LogP contribution in [0.25, 0.3) is 0 Å². The minimum absolute atomic E-state index is 0. The minimum atomic E-state index is -3.83. The van der Waals surface area contributed by atoms with Crippen molar-refractivity contribution < 1.29 is 39.2 Å². The van der Waals surface area contributed by atoms with Crippen molar-refractivity contribution in [2.45, 2.75) is 0 Å². The molecule has 0 aliphatic rings. The molecule has 0 rings (SSSR count).